The van der Waals surface area contributed by atoms with Crippen LogP contribution in [-0.4, -0.2) is 0 Å². The highest BCUT2D eigenvalue weighted by Crippen LogP contribution is 2.30. The fraction of sp³-hybridized carbons (Fsp3) is 0.0909. The third-order valence-electron chi connectivity index (χ3n) is 1.94. The summed E-state index contributed by atoms with van der Waals surface area (Å²) in [6.45, 7) is 7.58. The monoisotopic (exact) mass is 158 g/mol. The molecule has 60 valence electrons. The molecule has 1 heteroatoms. The van der Waals surface area contributed by atoms with Gasteiger partial charge < -0.3 is 4.74 Å². The van der Waals surface area contributed by atoms with E-state index in [1.807, 2.05) is 18.2 Å². The summed E-state index contributed by atoms with van der Waals surface area (Å²) in [6.07, 6.45) is 9.12. The average molecular weight is 158 g/mol. The Labute approximate surface area is 72.0 Å². The summed E-state index contributed by atoms with van der Waals surface area (Å²) < 4.78 is 5.45. The zero-order chi connectivity index (χ0) is 8.55. The smallest absolute Gasteiger partial charge is 0.130 e. The van der Waals surface area contributed by atoms with E-state index >= 15 is 0 Å². The molecule has 0 saturated heterocycles. The Morgan fingerprint density at radius 1 is 1.33 bits per heavy atom. The molecule has 2 rings (SSSR count). The van der Waals surface area contributed by atoms with Gasteiger partial charge in [0.2, 0.25) is 0 Å². The molecule has 1 aliphatic carbocycles. The van der Waals surface area contributed by atoms with E-state index in [4.69, 9.17) is 4.74 Å². The van der Waals surface area contributed by atoms with Crippen LogP contribution >= 0.6 is 0 Å². The van der Waals surface area contributed by atoms with Crippen LogP contribution in [0.5, 0.6) is 0 Å². The molecule has 0 N–H and O–H groups in total. The van der Waals surface area contributed by atoms with Crippen LogP contribution in [0.2, 0.25) is 0 Å². The van der Waals surface area contributed by atoms with Crippen LogP contribution in [-0.2, 0) is 4.74 Å². The molecule has 2 aliphatic rings. The SMILES string of the molecule is C=C1C=C2C=CCC=C2OC1=C. The van der Waals surface area contributed by atoms with E-state index in [1.54, 1.807) is 0 Å². The third-order valence-corrected chi connectivity index (χ3v) is 1.94. The number of fused-ring (bicyclic) bond motifs is 1. The van der Waals surface area contributed by atoms with Crippen molar-refractivity contribution in [3.63, 3.8) is 0 Å². The Morgan fingerprint density at radius 3 is 3.00 bits per heavy atom. The average Bonchev–Trinajstić information content (AvgIpc) is 2.07. The highest BCUT2D eigenvalue weighted by Gasteiger charge is 2.15. The third kappa shape index (κ3) is 1.03. The molecule has 0 aromatic carbocycles. The zero-order valence-electron chi connectivity index (χ0n) is 6.84. The maximum Gasteiger partial charge on any atom is 0.130 e. The van der Waals surface area contributed by atoms with E-state index in [-0.39, 0.29) is 0 Å². The molecule has 0 radical (unpaired) electrons. The van der Waals surface area contributed by atoms with Gasteiger partial charge in [-0.1, -0.05) is 25.3 Å². The van der Waals surface area contributed by atoms with Crippen molar-refractivity contribution in [1.82, 2.24) is 0 Å². The molecule has 0 atom stereocenters. The van der Waals surface area contributed by atoms with E-state index < -0.39 is 0 Å². The van der Waals surface area contributed by atoms with Crippen LogP contribution in [0.1, 0.15) is 6.42 Å². The molecule has 12 heavy (non-hydrogen) atoms. The minimum Gasteiger partial charge on any atom is -0.457 e. The lowest BCUT2D eigenvalue weighted by Gasteiger charge is -2.20. The lowest BCUT2D eigenvalue weighted by atomic mass is 10.0. The standard InChI is InChI=1S/C11H10O/c1-8-7-10-5-3-4-6-11(10)12-9(8)2/h3,5-7H,1-2,4H2. The summed E-state index contributed by atoms with van der Waals surface area (Å²) in [7, 11) is 0. The first-order valence-corrected chi connectivity index (χ1v) is 3.92. The van der Waals surface area contributed by atoms with Crippen molar-refractivity contribution in [3.8, 4) is 0 Å². The molecule has 0 fully saturated rings. The van der Waals surface area contributed by atoms with Crippen molar-refractivity contribution >= 4 is 0 Å². The van der Waals surface area contributed by atoms with E-state index in [1.165, 1.54) is 0 Å². The van der Waals surface area contributed by atoms with Gasteiger partial charge in [0.25, 0.3) is 0 Å². The van der Waals surface area contributed by atoms with Crippen LogP contribution in [0.4, 0.5) is 0 Å². The first-order valence-electron chi connectivity index (χ1n) is 3.92. The van der Waals surface area contributed by atoms with Gasteiger partial charge in [-0.2, -0.15) is 0 Å². The predicted octanol–water partition coefficient (Wildman–Crippen LogP) is 2.86. The van der Waals surface area contributed by atoms with Gasteiger partial charge in [-0.25, -0.2) is 0 Å². The highest BCUT2D eigenvalue weighted by atomic mass is 16.5. The molecule has 0 aromatic rings. The van der Waals surface area contributed by atoms with Crippen LogP contribution in [0.15, 0.2) is 60.1 Å². The van der Waals surface area contributed by atoms with Gasteiger partial charge in [0.05, 0.1) is 0 Å². The summed E-state index contributed by atoms with van der Waals surface area (Å²) in [5, 5.41) is 0. The molecule has 0 amide bonds. The lowest BCUT2D eigenvalue weighted by Crippen LogP contribution is -2.04. The van der Waals surface area contributed by atoms with Crippen molar-refractivity contribution in [2.24, 2.45) is 0 Å². The molecular formula is C11H10O. The quantitative estimate of drug-likeness (QED) is 0.526. The summed E-state index contributed by atoms with van der Waals surface area (Å²) in [6, 6.07) is 0. The number of hydrogen-bond acceptors (Lipinski definition) is 1. The number of hydrogen-bond donors (Lipinski definition) is 0. The molecule has 1 heterocycles. The zero-order valence-corrected chi connectivity index (χ0v) is 6.84. The van der Waals surface area contributed by atoms with E-state index in [9.17, 15) is 0 Å². The largest absolute Gasteiger partial charge is 0.457 e. The van der Waals surface area contributed by atoms with Crippen molar-refractivity contribution in [2.75, 3.05) is 0 Å². The summed E-state index contributed by atoms with van der Waals surface area (Å²) in [4.78, 5) is 0. The lowest BCUT2D eigenvalue weighted by molar-refractivity contribution is 0.321. The highest BCUT2D eigenvalue weighted by molar-refractivity contribution is 5.51. The van der Waals surface area contributed by atoms with Gasteiger partial charge in [0.15, 0.2) is 0 Å². The van der Waals surface area contributed by atoms with Gasteiger partial charge >= 0.3 is 0 Å². The maximum absolute atomic E-state index is 5.45. The Kier molecular flexibility index (Phi) is 1.51. The van der Waals surface area contributed by atoms with Gasteiger partial charge in [0.1, 0.15) is 11.5 Å². The topological polar surface area (TPSA) is 9.23 Å². The minimum absolute atomic E-state index is 0.653. The summed E-state index contributed by atoms with van der Waals surface area (Å²) in [5.41, 5.74) is 1.95. The number of allylic oxidation sites excluding steroid dienone is 4. The molecular weight excluding hydrogens is 148 g/mol. The first kappa shape index (κ1) is 7.17. The molecule has 1 aliphatic heterocycles. The molecule has 0 saturated carbocycles. The first-order chi connectivity index (χ1) is 5.77. The number of rotatable bonds is 0. The van der Waals surface area contributed by atoms with Crippen molar-refractivity contribution in [2.45, 2.75) is 6.42 Å². The maximum atomic E-state index is 5.45. The molecule has 0 aromatic heterocycles. The van der Waals surface area contributed by atoms with Gasteiger partial charge in [-0.3, -0.25) is 0 Å². The van der Waals surface area contributed by atoms with E-state index in [0.717, 1.165) is 23.3 Å². The molecule has 0 bridgehead atoms. The molecule has 0 unspecified atom stereocenters. The van der Waals surface area contributed by atoms with Crippen molar-refractivity contribution in [3.05, 3.63) is 60.1 Å². The molecule has 1 nitrogen and oxygen atoms in total. The van der Waals surface area contributed by atoms with Crippen LogP contribution in [0, 0.1) is 0 Å². The van der Waals surface area contributed by atoms with Crippen LogP contribution in [0.3, 0.4) is 0 Å². The minimum atomic E-state index is 0.653. The fourth-order valence-corrected chi connectivity index (χ4v) is 1.26. The Bertz CT molecular complexity index is 340. The second kappa shape index (κ2) is 2.52. The van der Waals surface area contributed by atoms with Gasteiger partial charge in [0, 0.05) is 11.1 Å². The van der Waals surface area contributed by atoms with E-state index in [0.29, 0.717) is 5.76 Å². The van der Waals surface area contributed by atoms with Crippen LogP contribution in [0.25, 0.3) is 0 Å². The second-order valence-electron chi connectivity index (χ2n) is 2.86. The van der Waals surface area contributed by atoms with Crippen molar-refractivity contribution in [1.29, 1.82) is 0 Å². The van der Waals surface area contributed by atoms with Gasteiger partial charge in [-0.05, 0) is 18.6 Å². The van der Waals surface area contributed by atoms with Crippen molar-refractivity contribution < 1.29 is 4.74 Å². The predicted molar refractivity (Wildman–Crippen MR) is 49.3 cm³/mol. The summed E-state index contributed by atoms with van der Waals surface area (Å²) in [5.74, 6) is 1.57. The normalized spacial score (nSPS) is 21.0. The Hall–Kier alpha value is -1.50. The summed E-state index contributed by atoms with van der Waals surface area (Å²) >= 11 is 0. The Morgan fingerprint density at radius 2 is 2.17 bits per heavy atom. The van der Waals surface area contributed by atoms with Crippen LogP contribution < -0.4 is 0 Å². The Balaban J connectivity index is 2.44. The molecule has 0 spiro atoms. The van der Waals surface area contributed by atoms with Gasteiger partial charge in [-0.15, -0.1) is 0 Å². The van der Waals surface area contributed by atoms with E-state index in [2.05, 4.69) is 19.2 Å². The number of ether oxygens (including phenoxy) is 1. The second-order valence-corrected chi connectivity index (χ2v) is 2.86. The fourth-order valence-electron chi connectivity index (χ4n) is 1.26.